The highest BCUT2D eigenvalue weighted by Gasteiger charge is 2.35. The van der Waals surface area contributed by atoms with E-state index in [-0.39, 0.29) is 30.6 Å². The van der Waals surface area contributed by atoms with Crippen LogP contribution in [0.2, 0.25) is 0 Å². The molecule has 2 heterocycles. The van der Waals surface area contributed by atoms with Gasteiger partial charge in [0.2, 0.25) is 5.91 Å². The fraction of sp³-hybridized carbons (Fsp3) is 0.368. The maximum Gasteiger partial charge on any atom is 0.326 e. The molecular weight excluding hydrogens is 403 g/mol. The largest absolute Gasteiger partial charge is 0.480 e. The number of carboxylic acids is 1. The third-order valence-corrected chi connectivity index (χ3v) is 6.08. The smallest absolute Gasteiger partial charge is 0.326 e. The van der Waals surface area contributed by atoms with E-state index in [1.54, 1.807) is 18.2 Å². The number of hydrogen-bond acceptors (Lipinski definition) is 5. The molecule has 0 bridgehead atoms. The Kier molecular flexibility index (Phi) is 6.46. The van der Waals surface area contributed by atoms with E-state index < -0.39 is 12.0 Å². The van der Waals surface area contributed by atoms with Crippen molar-refractivity contribution < 1.29 is 23.9 Å². The number of carbonyl (C=O) groups is 3. The quantitative estimate of drug-likeness (QED) is 0.581. The van der Waals surface area contributed by atoms with E-state index in [0.717, 1.165) is 24.6 Å². The molecule has 3 rings (SSSR count). The number of carbonyl (C=O) groups excluding carboxylic acids is 2. The Morgan fingerprint density at radius 1 is 1.29 bits per heavy atom. The number of hydrogen-bond donors (Lipinski definition) is 1. The van der Waals surface area contributed by atoms with Gasteiger partial charge in [0.15, 0.2) is 0 Å². The standard InChI is InChI=1S/C19H19FN2O4S2/c20-13-6-4-12(5-7-13)11-15-17(24)22(19(27)28-15)10-8-16(23)21-9-2-1-3-14(21)18(25)26/h4-7,11,14H,1-3,8-10H2,(H,25,26). The summed E-state index contributed by atoms with van der Waals surface area (Å²) in [5.41, 5.74) is 0.676. The summed E-state index contributed by atoms with van der Waals surface area (Å²) in [6.45, 7) is 0.520. The maximum absolute atomic E-state index is 13.0. The van der Waals surface area contributed by atoms with E-state index in [2.05, 4.69) is 0 Å². The van der Waals surface area contributed by atoms with Gasteiger partial charge in [0.1, 0.15) is 16.2 Å². The third kappa shape index (κ3) is 4.59. The minimum absolute atomic E-state index is 0.0139. The van der Waals surface area contributed by atoms with E-state index >= 15 is 0 Å². The summed E-state index contributed by atoms with van der Waals surface area (Å²) in [5, 5.41) is 9.30. The summed E-state index contributed by atoms with van der Waals surface area (Å²) in [6, 6.07) is 4.94. The van der Waals surface area contributed by atoms with E-state index in [4.69, 9.17) is 12.2 Å². The van der Waals surface area contributed by atoms with Gasteiger partial charge in [-0.2, -0.15) is 0 Å². The van der Waals surface area contributed by atoms with Crippen LogP contribution in [0.1, 0.15) is 31.2 Å². The zero-order valence-electron chi connectivity index (χ0n) is 15.0. The molecule has 1 unspecified atom stereocenters. The van der Waals surface area contributed by atoms with Gasteiger partial charge in [-0.3, -0.25) is 14.5 Å². The van der Waals surface area contributed by atoms with Crippen LogP contribution in [0, 0.1) is 5.82 Å². The first kappa shape index (κ1) is 20.5. The highest BCUT2D eigenvalue weighted by Crippen LogP contribution is 2.32. The van der Waals surface area contributed by atoms with Crippen molar-refractivity contribution in [3.8, 4) is 0 Å². The summed E-state index contributed by atoms with van der Waals surface area (Å²) in [6.07, 6.45) is 3.65. The van der Waals surface area contributed by atoms with Gasteiger partial charge in [-0.05, 0) is 43.0 Å². The summed E-state index contributed by atoms with van der Waals surface area (Å²) in [7, 11) is 0. The number of aliphatic carboxylic acids is 1. The third-order valence-electron chi connectivity index (χ3n) is 4.70. The highest BCUT2D eigenvalue weighted by molar-refractivity contribution is 8.26. The molecule has 2 saturated heterocycles. The maximum atomic E-state index is 13.0. The molecule has 0 saturated carbocycles. The van der Waals surface area contributed by atoms with Crippen LogP contribution in [0.4, 0.5) is 4.39 Å². The van der Waals surface area contributed by atoms with Gasteiger partial charge < -0.3 is 10.0 Å². The van der Waals surface area contributed by atoms with Crippen LogP contribution in [0.25, 0.3) is 6.08 Å². The summed E-state index contributed by atoms with van der Waals surface area (Å²) < 4.78 is 13.4. The van der Waals surface area contributed by atoms with Crippen molar-refractivity contribution in [2.45, 2.75) is 31.7 Å². The Labute approximate surface area is 171 Å². The van der Waals surface area contributed by atoms with E-state index in [0.29, 0.717) is 27.8 Å². The lowest BCUT2D eigenvalue weighted by Crippen LogP contribution is -2.48. The van der Waals surface area contributed by atoms with Gasteiger partial charge in [0.25, 0.3) is 5.91 Å². The number of thiocarbonyl (C=S) groups is 1. The monoisotopic (exact) mass is 422 g/mol. The van der Waals surface area contributed by atoms with Gasteiger partial charge in [-0.25, -0.2) is 9.18 Å². The minimum atomic E-state index is -0.999. The number of halogens is 1. The number of amides is 2. The number of carboxylic acid groups (broad SMARTS) is 1. The minimum Gasteiger partial charge on any atom is -0.480 e. The lowest BCUT2D eigenvalue weighted by atomic mass is 10.0. The van der Waals surface area contributed by atoms with Crippen molar-refractivity contribution in [1.82, 2.24) is 9.80 Å². The lowest BCUT2D eigenvalue weighted by molar-refractivity contribution is -0.152. The fourth-order valence-corrected chi connectivity index (χ4v) is 4.55. The molecule has 148 valence electrons. The SMILES string of the molecule is O=C(O)C1CCCCN1C(=O)CCN1C(=O)C(=Cc2ccc(F)cc2)SC1=S. The van der Waals surface area contributed by atoms with Crippen molar-refractivity contribution in [2.24, 2.45) is 0 Å². The number of piperidine rings is 1. The molecule has 1 atom stereocenters. The molecule has 2 aliphatic heterocycles. The lowest BCUT2D eigenvalue weighted by Gasteiger charge is -2.33. The Morgan fingerprint density at radius 3 is 2.68 bits per heavy atom. The second-order valence-electron chi connectivity index (χ2n) is 6.57. The van der Waals surface area contributed by atoms with Crippen molar-refractivity contribution in [3.63, 3.8) is 0 Å². The number of nitrogens with zero attached hydrogens (tertiary/aromatic N) is 2. The Morgan fingerprint density at radius 2 is 2.00 bits per heavy atom. The van der Waals surface area contributed by atoms with Gasteiger partial charge in [-0.15, -0.1) is 0 Å². The van der Waals surface area contributed by atoms with E-state index in [1.165, 1.54) is 21.9 Å². The molecule has 2 aliphatic rings. The summed E-state index contributed by atoms with van der Waals surface area (Å²) in [4.78, 5) is 39.6. The molecule has 0 aromatic heterocycles. The van der Waals surface area contributed by atoms with Crippen LogP contribution in [-0.4, -0.2) is 56.1 Å². The first-order valence-electron chi connectivity index (χ1n) is 8.90. The molecule has 0 spiro atoms. The molecule has 9 heteroatoms. The number of rotatable bonds is 5. The Bertz CT molecular complexity index is 841. The van der Waals surface area contributed by atoms with E-state index in [1.807, 2.05) is 0 Å². The van der Waals surface area contributed by atoms with Crippen LogP contribution in [0.15, 0.2) is 29.2 Å². The second kappa shape index (κ2) is 8.83. The summed E-state index contributed by atoms with van der Waals surface area (Å²) in [5.74, 6) is -1.95. The van der Waals surface area contributed by atoms with Crippen LogP contribution in [0.3, 0.4) is 0 Å². The molecular formula is C19H19FN2O4S2. The predicted molar refractivity (Wildman–Crippen MR) is 108 cm³/mol. The molecule has 0 aliphatic carbocycles. The van der Waals surface area contributed by atoms with Crippen molar-refractivity contribution in [2.75, 3.05) is 13.1 Å². The molecule has 2 fully saturated rings. The van der Waals surface area contributed by atoms with Crippen molar-refractivity contribution in [3.05, 3.63) is 40.6 Å². The van der Waals surface area contributed by atoms with Gasteiger partial charge in [0.05, 0.1) is 4.91 Å². The first-order valence-corrected chi connectivity index (χ1v) is 10.1. The van der Waals surface area contributed by atoms with Crippen LogP contribution >= 0.6 is 24.0 Å². The van der Waals surface area contributed by atoms with E-state index in [9.17, 15) is 23.9 Å². The predicted octanol–water partition coefficient (Wildman–Crippen LogP) is 2.88. The zero-order chi connectivity index (χ0) is 20.3. The average molecular weight is 423 g/mol. The van der Waals surface area contributed by atoms with Crippen LogP contribution < -0.4 is 0 Å². The van der Waals surface area contributed by atoms with Gasteiger partial charge in [-0.1, -0.05) is 36.1 Å². The van der Waals surface area contributed by atoms with Gasteiger partial charge in [0, 0.05) is 19.5 Å². The van der Waals surface area contributed by atoms with Crippen LogP contribution in [0.5, 0.6) is 0 Å². The van der Waals surface area contributed by atoms with Crippen molar-refractivity contribution in [1.29, 1.82) is 0 Å². The molecule has 6 nitrogen and oxygen atoms in total. The Balaban J connectivity index is 1.63. The average Bonchev–Trinajstić information content (AvgIpc) is 2.94. The molecule has 1 aromatic rings. The second-order valence-corrected chi connectivity index (χ2v) is 8.25. The van der Waals surface area contributed by atoms with Crippen LogP contribution in [-0.2, 0) is 14.4 Å². The first-order chi connectivity index (χ1) is 13.4. The van der Waals surface area contributed by atoms with Crippen molar-refractivity contribution >= 4 is 52.2 Å². The fourth-order valence-electron chi connectivity index (χ4n) is 3.24. The van der Waals surface area contributed by atoms with Gasteiger partial charge >= 0.3 is 5.97 Å². The highest BCUT2D eigenvalue weighted by atomic mass is 32.2. The number of thioether (sulfide) groups is 1. The normalized spacial score (nSPS) is 21.5. The molecule has 1 aromatic carbocycles. The zero-order valence-corrected chi connectivity index (χ0v) is 16.6. The molecule has 2 amide bonds. The molecule has 1 N–H and O–H groups in total. The molecule has 0 radical (unpaired) electrons. The topological polar surface area (TPSA) is 77.9 Å². The number of likely N-dealkylation sites (tertiary alicyclic amines) is 1. The molecule has 28 heavy (non-hydrogen) atoms. The summed E-state index contributed by atoms with van der Waals surface area (Å²) >= 11 is 6.38. The number of benzene rings is 1. The Hall–Kier alpha value is -2.26.